The van der Waals surface area contributed by atoms with Gasteiger partial charge in [-0.05, 0) is 31.0 Å². The summed E-state index contributed by atoms with van der Waals surface area (Å²) in [7, 11) is 0. The van der Waals surface area contributed by atoms with E-state index in [1.165, 1.54) is 4.90 Å². The maximum atomic E-state index is 12.6. The fourth-order valence-electron chi connectivity index (χ4n) is 2.35. The number of carbonyl (C=O) groups excluding carboxylic acids is 1. The number of anilines is 1. The van der Waals surface area contributed by atoms with Crippen molar-refractivity contribution in [2.45, 2.75) is 19.0 Å². The zero-order valence-corrected chi connectivity index (χ0v) is 12.6. The number of urea groups is 1. The number of rotatable bonds is 2. The number of nitrogens with zero attached hydrogens (tertiary/aromatic N) is 1. The Morgan fingerprint density at radius 2 is 2.04 bits per heavy atom. The van der Waals surface area contributed by atoms with Gasteiger partial charge in [0.05, 0.1) is 22.2 Å². The van der Waals surface area contributed by atoms with Crippen LogP contribution in [0.5, 0.6) is 0 Å². The highest BCUT2D eigenvalue weighted by Gasteiger charge is 2.31. The lowest BCUT2D eigenvalue weighted by atomic mass is 9.99. The number of carbonyl (C=O) groups is 2. The molecule has 1 aliphatic rings. The molecule has 1 unspecified atom stereocenters. The Labute approximate surface area is 135 Å². The van der Waals surface area contributed by atoms with E-state index in [0.29, 0.717) is 19.4 Å². The Morgan fingerprint density at radius 3 is 2.61 bits per heavy atom. The van der Waals surface area contributed by atoms with Gasteiger partial charge in [0.1, 0.15) is 0 Å². The van der Waals surface area contributed by atoms with E-state index < -0.39 is 29.7 Å². The molecule has 0 spiro atoms. The van der Waals surface area contributed by atoms with Crippen LogP contribution in [0.2, 0.25) is 5.02 Å². The topological polar surface area (TPSA) is 69.6 Å². The average molecular weight is 351 g/mol. The molecule has 126 valence electrons. The number of piperidine rings is 1. The minimum atomic E-state index is -4.52. The second kappa shape index (κ2) is 6.66. The first kappa shape index (κ1) is 17.4. The Morgan fingerprint density at radius 1 is 1.35 bits per heavy atom. The maximum absolute atomic E-state index is 12.6. The number of halogens is 4. The smallest absolute Gasteiger partial charge is 0.416 e. The van der Waals surface area contributed by atoms with E-state index in [4.69, 9.17) is 16.7 Å². The fraction of sp³-hybridized carbons (Fsp3) is 0.429. The molecule has 0 radical (unpaired) electrons. The van der Waals surface area contributed by atoms with Crippen molar-refractivity contribution in [3.8, 4) is 0 Å². The number of carboxylic acids is 1. The molecule has 1 atom stereocenters. The largest absolute Gasteiger partial charge is 0.481 e. The lowest BCUT2D eigenvalue weighted by Crippen LogP contribution is -2.44. The van der Waals surface area contributed by atoms with Crippen LogP contribution >= 0.6 is 11.6 Å². The molecule has 23 heavy (non-hydrogen) atoms. The van der Waals surface area contributed by atoms with Gasteiger partial charge in [-0.25, -0.2) is 4.79 Å². The SMILES string of the molecule is O=C(O)C1CCCN(C(=O)Nc2ccc(C(F)(F)F)cc2Cl)C1. The van der Waals surface area contributed by atoms with Crippen LogP contribution in [0.1, 0.15) is 18.4 Å². The van der Waals surface area contributed by atoms with Crippen LogP contribution in [0.25, 0.3) is 0 Å². The van der Waals surface area contributed by atoms with Gasteiger partial charge < -0.3 is 15.3 Å². The van der Waals surface area contributed by atoms with Gasteiger partial charge in [-0.15, -0.1) is 0 Å². The number of hydrogen-bond acceptors (Lipinski definition) is 2. The number of benzene rings is 1. The summed E-state index contributed by atoms with van der Waals surface area (Å²) in [6, 6.07) is 2.03. The van der Waals surface area contributed by atoms with Crippen molar-refractivity contribution in [1.82, 2.24) is 4.90 Å². The summed E-state index contributed by atoms with van der Waals surface area (Å²) in [5.74, 6) is -1.62. The molecule has 0 aliphatic carbocycles. The second-order valence-corrected chi connectivity index (χ2v) is 5.65. The summed E-state index contributed by atoms with van der Waals surface area (Å²) in [6.45, 7) is 0.438. The average Bonchev–Trinajstić information content (AvgIpc) is 2.48. The highest BCUT2D eigenvalue weighted by Crippen LogP contribution is 2.34. The standard InChI is InChI=1S/C14H14ClF3N2O3/c15-10-6-9(14(16,17)18)3-4-11(10)19-13(23)20-5-1-2-8(7-20)12(21)22/h3-4,6,8H,1-2,5,7H2,(H,19,23)(H,21,22). The monoisotopic (exact) mass is 350 g/mol. The molecule has 1 saturated heterocycles. The second-order valence-electron chi connectivity index (χ2n) is 5.25. The van der Waals surface area contributed by atoms with Crippen molar-refractivity contribution in [1.29, 1.82) is 0 Å². The van der Waals surface area contributed by atoms with Gasteiger partial charge in [-0.1, -0.05) is 11.6 Å². The first-order valence-electron chi connectivity index (χ1n) is 6.84. The quantitative estimate of drug-likeness (QED) is 0.854. The third-order valence-corrected chi connectivity index (χ3v) is 3.91. The Balaban J connectivity index is 2.07. The highest BCUT2D eigenvalue weighted by molar-refractivity contribution is 6.33. The third-order valence-electron chi connectivity index (χ3n) is 3.60. The molecule has 1 aliphatic heterocycles. The summed E-state index contributed by atoms with van der Waals surface area (Å²) in [4.78, 5) is 24.4. The number of aliphatic carboxylic acids is 1. The van der Waals surface area contributed by atoms with Crippen LogP contribution in [-0.4, -0.2) is 35.1 Å². The van der Waals surface area contributed by atoms with E-state index in [0.717, 1.165) is 18.2 Å². The van der Waals surface area contributed by atoms with Crippen molar-refractivity contribution in [3.63, 3.8) is 0 Å². The zero-order valence-electron chi connectivity index (χ0n) is 11.9. The first-order valence-corrected chi connectivity index (χ1v) is 7.22. The van der Waals surface area contributed by atoms with Gasteiger partial charge in [0.2, 0.25) is 0 Å². The predicted molar refractivity (Wildman–Crippen MR) is 77.4 cm³/mol. The van der Waals surface area contributed by atoms with Crippen molar-refractivity contribution in [2.75, 3.05) is 18.4 Å². The summed E-state index contributed by atoms with van der Waals surface area (Å²) >= 11 is 5.77. The van der Waals surface area contributed by atoms with E-state index in [1.807, 2.05) is 0 Å². The molecular formula is C14H14ClF3N2O3. The minimum absolute atomic E-state index is 0.0436. The van der Waals surface area contributed by atoms with E-state index in [9.17, 15) is 22.8 Å². The molecule has 1 aromatic rings. The van der Waals surface area contributed by atoms with Crippen molar-refractivity contribution in [3.05, 3.63) is 28.8 Å². The van der Waals surface area contributed by atoms with Crippen LogP contribution in [0.4, 0.5) is 23.7 Å². The maximum Gasteiger partial charge on any atom is 0.416 e. The van der Waals surface area contributed by atoms with Gasteiger partial charge in [0.25, 0.3) is 0 Å². The molecule has 2 amide bonds. The van der Waals surface area contributed by atoms with Crippen LogP contribution in [0.15, 0.2) is 18.2 Å². The Bertz CT molecular complexity index is 622. The zero-order chi connectivity index (χ0) is 17.2. The molecule has 9 heteroatoms. The molecule has 1 fully saturated rings. The van der Waals surface area contributed by atoms with Gasteiger partial charge in [-0.3, -0.25) is 4.79 Å². The van der Waals surface area contributed by atoms with Crippen LogP contribution in [0, 0.1) is 5.92 Å². The van der Waals surface area contributed by atoms with E-state index in [-0.39, 0.29) is 17.3 Å². The summed E-state index contributed by atoms with van der Waals surface area (Å²) in [5.41, 5.74) is -0.869. The summed E-state index contributed by atoms with van der Waals surface area (Å²) < 4.78 is 37.7. The number of hydrogen-bond donors (Lipinski definition) is 2. The molecule has 1 heterocycles. The summed E-state index contributed by atoms with van der Waals surface area (Å²) in [6.07, 6.45) is -3.49. The Hall–Kier alpha value is -1.96. The number of carboxylic acid groups (broad SMARTS) is 1. The molecule has 2 rings (SSSR count). The van der Waals surface area contributed by atoms with E-state index in [2.05, 4.69) is 5.32 Å². The molecule has 0 aromatic heterocycles. The molecule has 2 N–H and O–H groups in total. The number of amides is 2. The third kappa shape index (κ3) is 4.28. The first-order chi connectivity index (χ1) is 10.7. The molecule has 0 bridgehead atoms. The molecule has 0 saturated carbocycles. The minimum Gasteiger partial charge on any atom is -0.481 e. The number of nitrogens with one attached hydrogen (secondary N) is 1. The molecule has 5 nitrogen and oxygen atoms in total. The van der Waals surface area contributed by atoms with Crippen molar-refractivity contribution >= 4 is 29.3 Å². The van der Waals surface area contributed by atoms with Crippen LogP contribution < -0.4 is 5.32 Å². The number of alkyl halides is 3. The van der Waals surface area contributed by atoms with E-state index in [1.54, 1.807) is 0 Å². The summed E-state index contributed by atoms with van der Waals surface area (Å²) in [5, 5.41) is 11.2. The lowest BCUT2D eigenvalue weighted by molar-refractivity contribution is -0.143. The van der Waals surface area contributed by atoms with Crippen molar-refractivity contribution < 1.29 is 27.9 Å². The molecular weight excluding hydrogens is 337 g/mol. The Kier molecular flexibility index (Phi) is 5.03. The van der Waals surface area contributed by atoms with Crippen LogP contribution in [-0.2, 0) is 11.0 Å². The highest BCUT2D eigenvalue weighted by atomic mass is 35.5. The van der Waals surface area contributed by atoms with Crippen molar-refractivity contribution in [2.24, 2.45) is 5.92 Å². The van der Waals surface area contributed by atoms with E-state index >= 15 is 0 Å². The lowest BCUT2D eigenvalue weighted by Gasteiger charge is -2.30. The fourth-order valence-corrected chi connectivity index (χ4v) is 2.58. The number of likely N-dealkylation sites (tertiary alicyclic amines) is 1. The van der Waals surface area contributed by atoms with Crippen LogP contribution in [0.3, 0.4) is 0 Å². The van der Waals surface area contributed by atoms with Gasteiger partial charge in [0, 0.05) is 13.1 Å². The van der Waals surface area contributed by atoms with Gasteiger partial charge in [-0.2, -0.15) is 13.2 Å². The molecule has 1 aromatic carbocycles. The van der Waals surface area contributed by atoms with Gasteiger partial charge >= 0.3 is 18.2 Å². The van der Waals surface area contributed by atoms with Gasteiger partial charge in [0.15, 0.2) is 0 Å². The predicted octanol–water partition coefficient (Wildman–Crippen LogP) is 3.69. The normalized spacial score (nSPS) is 18.6.